The van der Waals surface area contributed by atoms with Crippen molar-refractivity contribution in [3.63, 3.8) is 0 Å². The molecule has 0 aliphatic heterocycles. The van der Waals surface area contributed by atoms with Crippen molar-refractivity contribution in [3.05, 3.63) is 27.0 Å². The molecule has 0 unspecified atom stereocenters. The summed E-state index contributed by atoms with van der Waals surface area (Å²) in [5, 5.41) is 0. The Balaban J connectivity index is 2.30. The van der Waals surface area contributed by atoms with Crippen LogP contribution in [0.2, 0.25) is 0 Å². The van der Waals surface area contributed by atoms with Gasteiger partial charge in [-0.3, -0.25) is 9.36 Å². The molecule has 1 heterocycles. The van der Waals surface area contributed by atoms with Crippen LogP contribution in [0.4, 0.5) is 0 Å². The van der Waals surface area contributed by atoms with Crippen molar-refractivity contribution in [2.75, 3.05) is 0 Å². The van der Waals surface area contributed by atoms with E-state index in [2.05, 4.69) is 4.72 Å². The Morgan fingerprint density at radius 1 is 1.05 bits per heavy atom. The maximum atomic E-state index is 12.5. The van der Waals surface area contributed by atoms with E-state index in [-0.39, 0.29) is 10.9 Å². The second kappa shape index (κ2) is 6.78. The molecule has 0 bridgehead atoms. The monoisotopic (exact) mass is 329 g/mol. The summed E-state index contributed by atoms with van der Waals surface area (Å²) in [6.07, 6.45) is 8.05. The van der Waals surface area contributed by atoms with Gasteiger partial charge < -0.3 is 4.57 Å². The predicted molar refractivity (Wildman–Crippen MR) is 83.4 cm³/mol. The third kappa shape index (κ3) is 3.67. The number of nitrogens with one attached hydrogen (secondary N) is 1. The minimum absolute atomic E-state index is 0.146. The molecule has 0 atom stereocenters. The molecular formula is C14H23N3O4S. The summed E-state index contributed by atoms with van der Waals surface area (Å²) in [5.74, 6) is 0. The van der Waals surface area contributed by atoms with E-state index in [4.69, 9.17) is 0 Å². The van der Waals surface area contributed by atoms with Crippen molar-refractivity contribution in [1.29, 1.82) is 0 Å². The van der Waals surface area contributed by atoms with Crippen LogP contribution in [-0.2, 0) is 24.1 Å². The molecule has 0 radical (unpaired) electrons. The van der Waals surface area contributed by atoms with Crippen LogP contribution in [0, 0.1) is 0 Å². The highest BCUT2D eigenvalue weighted by atomic mass is 32.2. The molecule has 0 saturated heterocycles. The highest BCUT2D eigenvalue weighted by Crippen LogP contribution is 2.18. The molecule has 1 N–H and O–H groups in total. The fourth-order valence-electron chi connectivity index (χ4n) is 2.82. The van der Waals surface area contributed by atoms with Gasteiger partial charge in [-0.15, -0.1) is 0 Å². The van der Waals surface area contributed by atoms with Crippen molar-refractivity contribution in [3.8, 4) is 0 Å². The zero-order chi connectivity index (χ0) is 16.3. The van der Waals surface area contributed by atoms with Crippen LogP contribution in [0.25, 0.3) is 0 Å². The predicted octanol–water partition coefficient (Wildman–Crippen LogP) is 0.475. The van der Waals surface area contributed by atoms with Crippen LogP contribution in [0.5, 0.6) is 0 Å². The summed E-state index contributed by atoms with van der Waals surface area (Å²) in [4.78, 5) is 23.4. The first-order chi connectivity index (χ1) is 10.3. The lowest BCUT2D eigenvalue weighted by atomic mass is 9.97. The standard InChI is InChI=1S/C14H23N3O4S/c1-16-10-12(13(18)17(2)14(16)19)22(20,21)15-11-8-6-4-3-5-7-9-11/h10-11,15H,3-9H2,1-2H3. The number of aryl methyl sites for hydroxylation is 1. The Morgan fingerprint density at radius 3 is 2.18 bits per heavy atom. The molecular weight excluding hydrogens is 306 g/mol. The summed E-state index contributed by atoms with van der Waals surface area (Å²) in [5.41, 5.74) is -1.34. The molecule has 1 saturated carbocycles. The summed E-state index contributed by atoms with van der Waals surface area (Å²) >= 11 is 0. The van der Waals surface area contributed by atoms with Crippen LogP contribution >= 0.6 is 0 Å². The molecule has 0 amide bonds. The van der Waals surface area contributed by atoms with Crippen LogP contribution in [-0.4, -0.2) is 23.6 Å². The Morgan fingerprint density at radius 2 is 1.59 bits per heavy atom. The quantitative estimate of drug-likeness (QED) is 0.873. The normalized spacial score (nSPS) is 17.9. The Kier molecular flexibility index (Phi) is 5.23. The van der Waals surface area contributed by atoms with E-state index in [1.54, 1.807) is 0 Å². The van der Waals surface area contributed by atoms with Gasteiger partial charge in [-0.1, -0.05) is 32.1 Å². The van der Waals surface area contributed by atoms with E-state index in [0.29, 0.717) is 0 Å². The smallest absolute Gasteiger partial charge is 0.302 e. The summed E-state index contributed by atoms with van der Waals surface area (Å²) in [6, 6.07) is -0.146. The molecule has 1 aliphatic carbocycles. The fraction of sp³-hybridized carbons (Fsp3) is 0.714. The van der Waals surface area contributed by atoms with Crippen molar-refractivity contribution < 1.29 is 8.42 Å². The molecule has 124 valence electrons. The van der Waals surface area contributed by atoms with Gasteiger partial charge in [-0.2, -0.15) is 0 Å². The first kappa shape index (κ1) is 17.0. The minimum atomic E-state index is -3.92. The van der Waals surface area contributed by atoms with E-state index in [1.807, 2.05) is 0 Å². The van der Waals surface area contributed by atoms with Gasteiger partial charge in [0.15, 0.2) is 4.90 Å². The molecule has 1 aliphatic rings. The second-order valence-corrected chi connectivity index (χ2v) is 7.60. The zero-order valence-electron chi connectivity index (χ0n) is 13.0. The lowest BCUT2D eigenvalue weighted by Crippen LogP contribution is -2.43. The van der Waals surface area contributed by atoms with Crippen molar-refractivity contribution in [1.82, 2.24) is 13.9 Å². The number of sulfonamides is 1. The first-order valence-corrected chi connectivity index (χ1v) is 9.10. The van der Waals surface area contributed by atoms with Gasteiger partial charge in [-0.25, -0.2) is 17.9 Å². The van der Waals surface area contributed by atoms with Gasteiger partial charge in [0.25, 0.3) is 5.56 Å². The lowest BCUT2D eigenvalue weighted by Gasteiger charge is -2.21. The van der Waals surface area contributed by atoms with Gasteiger partial charge in [0.1, 0.15) is 0 Å². The molecule has 1 fully saturated rings. The van der Waals surface area contributed by atoms with Crippen LogP contribution < -0.4 is 16.0 Å². The van der Waals surface area contributed by atoms with E-state index < -0.39 is 21.3 Å². The molecule has 1 aromatic rings. The SMILES string of the molecule is Cn1cc(S(=O)(=O)NC2CCCCCCC2)c(=O)n(C)c1=O. The number of rotatable bonds is 3. The minimum Gasteiger partial charge on any atom is -0.302 e. The van der Waals surface area contributed by atoms with Crippen molar-refractivity contribution >= 4 is 10.0 Å². The molecule has 0 aromatic carbocycles. The largest absolute Gasteiger partial charge is 0.330 e. The summed E-state index contributed by atoms with van der Waals surface area (Å²) in [7, 11) is -1.22. The second-order valence-electron chi connectivity index (χ2n) is 5.91. The van der Waals surface area contributed by atoms with Gasteiger partial charge >= 0.3 is 5.69 Å². The first-order valence-electron chi connectivity index (χ1n) is 7.62. The van der Waals surface area contributed by atoms with E-state index in [0.717, 1.165) is 53.9 Å². The van der Waals surface area contributed by atoms with Crippen LogP contribution in [0.1, 0.15) is 44.9 Å². The summed E-state index contributed by atoms with van der Waals surface area (Å²) in [6.45, 7) is 0. The average molecular weight is 329 g/mol. The number of nitrogens with zero attached hydrogens (tertiary/aromatic N) is 2. The third-order valence-corrected chi connectivity index (χ3v) is 5.63. The molecule has 1 aromatic heterocycles. The zero-order valence-corrected chi connectivity index (χ0v) is 13.9. The average Bonchev–Trinajstić information content (AvgIpc) is 2.43. The van der Waals surface area contributed by atoms with Crippen molar-refractivity contribution in [2.24, 2.45) is 14.1 Å². The van der Waals surface area contributed by atoms with Crippen molar-refractivity contribution in [2.45, 2.75) is 55.9 Å². The molecule has 22 heavy (non-hydrogen) atoms. The van der Waals surface area contributed by atoms with Gasteiger partial charge in [0.2, 0.25) is 10.0 Å². The van der Waals surface area contributed by atoms with Crippen LogP contribution in [0.15, 0.2) is 20.7 Å². The summed E-state index contributed by atoms with van der Waals surface area (Å²) < 4.78 is 29.5. The molecule has 0 spiro atoms. The van der Waals surface area contributed by atoms with E-state index >= 15 is 0 Å². The van der Waals surface area contributed by atoms with Gasteiger partial charge in [0.05, 0.1) is 0 Å². The lowest BCUT2D eigenvalue weighted by molar-refractivity contribution is 0.426. The Hall–Kier alpha value is -1.41. The maximum Gasteiger partial charge on any atom is 0.330 e. The number of hydrogen-bond acceptors (Lipinski definition) is 4. The topological polar surface area (TPSA) is 90.2 Å². The van der Waals surface area contributed by atoms with Crippen LogP contribution in [0.3, 0.4) is 0 Å². The number of hydrogen-bond donors (Lipinski definition) is 1. The van der Waals surface area contributed by atoms with Gasteiger partial charge in [-0.05, 0) is 12.8 Å². The Labute approximate surface area is 130 Å². The Bertz CT molecular complexity index is 740. The fourth-order valence-corrected chi connectivity index (χ4v) is 4.28. The number of aromatic nitrogens is 2. The highest BCUT2D eigenvalue weighted by molar-refractivity contribution is 7.89. The van der Waals surface area contributed by atoms with E-state index in [1.165, 1.54) is 20.5 Å². The molecule has 8 heteroatoms. The molecule has 2 rings (SSSR count). The van der Waals surface area contributed by atoms with E-state index in [9.17, 15) is 18.0 Å². The van der Waals surface area contributed by atoms with Gasteiger partial charge in [0, 0.05) is 26.3 Å². The third-order valence-electron chi connectivity index (χ3n) is 4.13. The maximum absolute atomic E-state index is 12.5. The molecule has 7 nitrogen and oxygen atoms in total. The highest BCUT2D eigenvalue weighted by Gasteiger charge is 2.25.